The number of carbonyl (C=O) groups excluding carboxylic acids is 1. The molecule has 0 saturated heterocycles. The number of benzene rings is 2. The molecular formula is C23H21N5O3S. The second-order valence-electron chi connectivity index (χ2n) is 7.69. The lowest BCUT2D eigenvalue weighted by Crippen LogP contribution is -2.39. The van der Waals surface area contributed by atoms with E-state index >= 15 is 0 Å². The second kappa shape index (κ2) is 7.76. The van der Waals surface area contributed by atoms with E-state index in [-0.39, 0.29) is 29.3 Å². The average molecular weight is 448 g/mol. The summed E-state index contributed by atoms with van der Waals surface area (Å²) in [6, 6.07) is 17.4. The predicted octanol–water partition coefficient (Wildman–Crippen LogP) is 2.34. The lowest BCUT2D eigenvalue weighted by Gasteiger charge is -2.20. The molecule has 5 rings (SSSR count). The van der Waals surface area contributed by atoms with Gasteiger partial charge in [-0.2, -0.15) is 0 Å². The highest BCUT2D eigenvalue weighted by atomic mass is 32.2. The molecule has 2 aliphatic heterocycles. The fourth-order valence-corrected chi connectivity index (χ4v) is 5.53. The van der Waals surface area contributed by atoms with Gasteiger partial charge in [0.05, 0.1) is 23.0 Å². The van der Waals surface area contributed by atoms with Gasteiger partial charge in [0.25, 0.3) is 15.9 Å². The van der Waals surface area contributed by atoms with Crippen molar-refractivity contribution < 1.29 is 13.2 Å². The molecule has 0 saturated carbocycles. The van der Waals surface area contributed by atoms with Gasteiger partial charge in [-0.15, -0.1) is 0 Å². The Morgan fingerprint density at radius 3 is 2.62 bits per heavy atom. The van der Waals surface area contributed by atoms with Crippen LogP contribution in [0.1, 0.15) is 27.5 Å². The Labute approximate surface area is 186 Å². The number of nitrogens with two attached hydrogens (primary N) is 1. The largest absolute Gasteiger partial charge is 0.369 e. The number of fused-ring (bicyclic) bond motifs is 1. The van der Waals surface area contributed by atoms with Crippen LogP contribution in [-0.4, -0.2) is 42.7 Å². The maximum atomic E-state index is 13.3. The molecule has 8 nitrogen and oxygen atoms in total. The van der Waals surface area contributed by atoms with E-state index in [1.807, 2.05) is 30.3 Å². The van der Waals surface area contributed by atoms with Gasteiger partial charge >= 0.3 is 0 Å². The van der Waals surface area contributed by atoms with E-state index in [1.165, 1.54) is 12.3 Å². The molecule has 0 aliphatic carbocycles. The fraction of sp³-hybridized carbons (Fsp3) is 0.174. The molecule has 0 bridgehead atoms. The number of nitrogens with zero attached hydrogens (tertiary/aromatic N) is 4. The standard InChI is InChI=1S/C23H21N5O3S/c24-23-26-20(16-5-2-1-3-6-16)15-28(23)32(30,31)19-8-9-21-17(13-19)10-12-27(21)22(29)18-7-4-11-25-14-18/h1-9,11,13-14,20H,10,12,15H2,(H2,24,26)/t20-/m1/s1. The van der Waals surface area contributed by atoms with E-state index in [2.05, 4.69) is 9.98 Å². The topological polar surface area (TPSA) is 109 Å². The van der Waals surface area contributed by atoms with Gasteiger partial charge in [0.15, 0.2) is 0 Å². The van der Waals surface area contributed by atoms with Crippen molar-refractivity contribution in [3.8, 4) is 0 Å². The highest BCUT2D eigenvalue weighted by molar-refractivity contribution is 7.89. The number of anilines is 1. The first-order valence-corrected chi connectivity index (χ1v) is 11.6. The Morgan fingerprint density at radius 1 is 1.06 bits per heavy atom. The number of guanidine groups is 1. The van der Waals surface area contributed by atoms with E-state index < -0.39 is 10.0 Å². The van der Waals surface area contributed by atoms with Gasteiger partial charge in [-0.3, -0.25) is 9.78 Å². The highest BCUT2D eigenvalue weighted by Crippen LogP contribution is 2.34. The van der Waals surface area contributed by atoms with E-state index in [0.29, 0.717) is 24.2 Å². The summed E-state index contributed by atoms with van der Waals surface area (Å²) in [5.74, 6) is -0.179. The Bertz CT molecular complexity index is 1310. The fourth-order valence-electron chi connectivity index (χ4n) is 4.11. The number of pyridine rings is 1. The molecule has 2 aliphatic rings. The Kier molecular flexibility index (Phi) is 4.90. The number of sulfonamides is 1. The zero-order valence-electron chi connectivity index (χ0n) is 17.1. The van der Waals surface area contributed by atoms with Crippen LogP contribution in [-0.2, 0) is 16.4 Å². The molecule has 3 heterocycles. The van der Waals surface area contributed by atoms with Crippen molar-refractivity contribution in [1.82, 2.24) is 9.29 Å². The number of aliphatic imine (C=N–C) groups is 1. The van der Waals surface area contributed by atoms with Gasteiger partial charge in [0, 0.05) is 24.6 Å². The van der Waals surface area contributed by atoms with Crippen LogP contribution in [0.2, 0.25) is 0 Å². The predicted molar refractivity (Wildman–Crippen MR) is 121 cm³/mol. The van der Waals surface area contributed by atoms with Gasteiger partial charge in [0.2, 0.25) is 5.96 Å². The monoisotopic (exact) mass is 447 g/mol. The Morgan fingerprint density at radius 2 is 1.88 bits per heavy atom. The molecule has 162 valence electrons. The summed E-state index contributed by atoms with van der Waals surface area (Å²) in [4.78, 5) is 23.0. The summed E-state index contributed by atoms with van der Waals surface area (Å²) in [5.41, 5.74) is 8.92. The van der Waals surface area contributed by atoms with Gasteiger partial charge in [-0.1, -0.05) is 30.3 Å². The number of rotatable bonds is 4. The maximum Gasteiger partial charge on any atom is 0.266 e. The average Bonchev–Trinajstić information content (AvgIpc) is 3.43. The molecule has 0 unspecified atom stereocenters. The number of hydrogen-bond acceptors (Lipinski definition) is 6. The molecule has 3 aromatic rings. The minimum atomic E-state index is -3.88. The maximum absolute atomic E-state index is 13.3. The van der Waals surface area contributed by atoms with Crippen LogP contribution in [0.3, 0.4) is 0 Å². The normalized spacial score (nSPS) is 17.9. The molecule has 0 fully saturated rings. The van der Waals surface area contributed by atoms with Crippen LogP contribution in [0.4, 0.5) is 5.69 Å². The summed E-state index contributed by atoms with van der Waals surface area (Å²) in [7, 11) is -3.88. The molecule has 2 N–H and O–H groups in total. The minimum absolute atomic E-state index is 0.0206. The Balaban J connectivity index is 1.41. The molecule has 2 aromatic carbocycles. The molecule has 1 aromatic heterocycles. The minimum Gasteiger partial charge on any atom is -0.369 e. The summed E-state index contributed by atoms with van der Waals surface area (Å²) in [6.07, 6.45) is 3.71. The van der Waals surface area contributed by atoms with E-state index in [0.717, 1.165) is 15.4 Å². The van der Waals surface area contributed by atoms with Crippen LogP contribution in [0.25, 0.3) is 0 Å². The number of hydrogen-bond donors (Lipinski definition) is 1. The second-order valence-corrected chi connectivity index (χ2v) is 9.55. The first-order chi connectivity index (χ1) is 15.4. The quantitative estimate of drug-likeness (QED) is 0.660. The summed E-state index contributed by atoms with van der Waals surface area (Å²) < 4.78 is 27.8. The van der Waals surface area contributed by atoms with Gasteiger partial charge in [0.1, 0.15) is 0 Å². The lowest BCUT2D eigenvalue weighted by molar-refractivity contribution is 0.0989. The molecule has 0 spiro atoms. The summed E-state index contributed by atoms with van der Waals surface area (Å²) in [5, 5.41) is 0. The van der Waals surface area contributed by atoms with E-state index in [4.69, 9.17) is 5.73 Å². The van der Waals surface area contributed by atoms with Crippen molar-refractivity contribution in [3.05, 3.63) is 89.7 Å². The smallest absolute Gasteiger partial charge is 0.266 e. The third-order valence-corrected chi connectivity index (χ3v) is 7.52. The van der Waals surface area contributed by atoms with Crippen molar-refractivity contribution in [2.75, 3.05) is 18.0 Å². The molecule has 1 atom stereocenters. The first kappa shape index (κ1) is 20.2. The SMILES string of the molecule is NC1=N[C@@H](c2ccccc2)CN1S(=O)(=O)c1ccc2c(c1)CCN2C(=O)c1cccnc1. The third kappa shape index (κ3) is 3.40. The van der Waals surface area contributed by atoms with Crippen molar-refractivity contribution in [1.29, 1.82) is 0 Å². The zero-order valence-corrected chi connectivity index (χ0v) is 17.9. The molecule has 0 radical (unpaired) electrons. The van der Waals surface area contributed by atoms with Crippen molar-refractivity contribution in [3.63, 3.8) is 0 Å². The first-order valence-electron chi connectivity index (χ1n) is 10.2. The van der Waals surface area contributed by atoms with Crippen LogP contribution in [0, 0.1) is 0 Å². The summed E-state index contributed by atoms with van der Waals surface area (Å²) in [6.45, 7) is 0.636. The van der Waals surface area contributed by atoms with Crippen LogP contribution in [0.5, 0.6) is 0 Å². The van der Waals surface area contributed by atoms with E-state index in [1.54, 1.807) is 35.4 Å². The number of amides is 1. The van der Waals surface area contributed by atoms with Gasteiger partial charge in [-0.25, -0.2) is 17.7 Å². The van der Waals surface area contributed by atoms with Crippen molar-refractivity contribution in [2.24, 2.45) is 10.7 Å². The molecule has 1 amide bonds. The highest BCUT2D eigenvalue weighted by Gasteiger charge is 2.35. The lowest BCUT2D eigenvalue weighted by atomic mass is 10.1. The Hall–Kier alpha value is -3.72. The number of carbonyl (C=O) groups is 1. The number of aromatic nitrogens is 1. The van der Waals surface area contributed by atoms with Crippen molar-refractivity contribution in [2.45, 2.75) is 17.4 Å². The van der Waals surface area contributed by atoms with Crippen LogP contribution >= 0.6 is 0 Å². The van der Waals surface area contributed by atoms with Gasteiger partial charge in [-0.05, 0) is 47.9 Å². The van der Waals surface area contributed by atoms with Gasteiger partial charge < -0.3 is 10.6 Å². The molecular weight excluding hydrogens is 426 g/mol. The van der Waals surface area contributed by atoms with Crippen LogP contribution < -0.4 is 10.6 Å². The third-order valence-electron chi connectivity index (χ3n) is 5.75. The van der Waals surface area contributed by atoms with E-state index in [9.17, 15) is 13.2 Å². The summed E-state index contributed by atoms with van der Waals surface area (Å²) >= 11 is 0. The van der Waals surface area contributed by atoms with Crippen molar-refractivity contribution >= 4 is 27.6 Å². The zero-order chi connectivity index (χ0) is 22.3. The molecule has 9 heteroatoms. The van der Waals surface area contributed by atoms with Crippen LogP contribution in [0.15, 0.2) is 82.9 Å². The molecule has 32 heavy (non-hydrogen) atoms.